The van der Waals surface area contributed by atoms with E-state index >= 15 is 0 Å². The van der Waals surface area contributed by atoms with Crippen LogP contribution in [0, 0.1) is 0 Å². The summed E-state index contributed by atoms with van der Waals surface area (Å²) in [7, 11) is 1.79. The summed E-state index contributed by atoms with van der Waals surface area (Å²) >= 11 is 0. The fourth-order valence-electron chi connectivity index (χ4n) is 2.76. The van der Waals surface area contributed by atoms with E-state index in [0.717, 1.165) is 11.3 Å². The number of rotatable bonds is 4. The van der Waals surface area contributed by atoms with Crippen molar-refractivity contribution in [2.45, 2.75) is 46.3 Å². The molecule has 0 unspecified atom stereocenters. The third-order valence-corrected chi connectivity index (χ3v) is 3.89. The van der Waals surface area contributed by atoms with E-state index in [1.165, 1.54) is 6.92 Å². The molecule has 0 spiro atoms. The average Bonchev–Trinajstić information content (AvgIpc) is 2.86. The number of ether oxygens (including phenoxy) is 1. The molecule has 0 aliphatic carbocycles. The molecule has 26 heavy (non-hydrogen) atoms. The molecule has 144 valence electrons. The summed E-state index contributed by atoms with van der Waals surface area (Å²) in [5.74, 6) is -0.472. The quantitative estimate of drug-likeness (QED) is 0.759. The number of nitrogens with zero attached hydrogens (tertiary/aromatic N) is 3. The van der Waals surface area contributed by atoms with E-state index in [1.807, 2.05) is 20.8 Å². The Morgan fingerprint density at radius 2 is 1.85 bits per heavy atom. The number of aromatic nitrogens is 2. The maximum absolute atomic E-state index is 12.4. The van der Waals surface area contributed by atoms with Crippen molar-refractivity contribution in [1.29, 1.82) is 0 Å². The third kappa shape index (κ3) is 4.96. The van der Waals surface area contributed by atoms with Gasteiger partial charge in [0.1, 0.15) is 5.60 Å². The Bertz CT molecular complexity index is 705. The van der Waals surface area contributed by atoms with Crippen LogP contribution in [0.4, 0.5) is 4.79 Å². The Balaban J connectivity index is 2.07. The molecule has 0 bridgehead atoms. The number of fused-ring (bicyclic) bond motifs is 1. The van der Waals surface area contributed by atoms with E-state index in [2.05, 4.69) is 15.7 Å². The minimum Gasteiger partial charge on any atom is -0.444 e. The van der Waals surface area contributed by atoms with E-state index in [4.69, 9.17) is 4.74 Å². The highest BCUT2D eigenvalue weighted by Gasteiger charge is 2.31. The molecule has 1 aromatic rings. The van der Waals surface area contributed by atoms with Gasteiger partial charge in [-0.15, -0.1) is 0 Å². The van der Waals surface area contributed by atoms with Gasteiger partial charge in [0, 0.05) is 51.3 Å². The minimum absolute atomic E-state index is 0.150. The highest BCUT2D eigenvalue weighted by molar-refractivity contribution is 5.94. The number of nitrogens with one attached hydrogen (secondary N) is 2. The summed E-state index contributed by atoms with van der Waals surface area (Å²) < 4.78 is 7.11. The molecule has 0 saturated carbocycles. The van der Waals surface area contributed by atoms with E-state index < -0.39 is 11.7 Å². The lowest BCUT2D eigenvalue weighted by atomic mass is 10.1. The highest BCUT2D eigenvalue weighted by Crippen LogP contribution is 2.23. The molecule has 0 saturated heterocycles. The van der Waals surface area contributed by atoms with Gasteiger partial charge in [-0.1, -0.05) is 0 Å². The van der Waals surface area contributed by atoms with E-state index in [-0.39, 0.29) is 18.4 Å². The van der Waals surface area contributed by atoms with Crippen LogP contribution in [0.2, 0.25) is 0 Å². The van der Waals surface area contributed by atoms with Gasteiger partial charge in [-0.2, -0.15) is 5.10 Å². The van der Waals surface area contributed by atoms with E-state index in [0.29, 0.717) is 31.7 Å². The van der Waals surface area contributed by atoms with Crippen molar-refractivity contribution in [3.63, 3.8) is 0 Å². The van der Waals surface area contributed by atoms with Crippen molar-refractivity contribution in [2.75, 3.05) is 19.6 Å². The predicted octanol–water partition coefficient (Wildman–Crippen LogP) is 0.579. The smallest absolute Gasteiger partial charge is 0.410 e. The van der Waals surface area contributed by atoms with E-state index in [1.54, 1.807) is 16.6 Å². The summed E-state index contributed by atoms with van der Waals surface area (Å²) in [5.41, 5.74) is 1.41. The van der Waals surface area contributed by atoms with Gasteiger partial charge in [-0.25, -0.2) is 4.79 Å². The SMILES string of the molecule is CC(=O)NCCNC(=O)c1nn(C)c2c1CN(C(=O)OC(C)(C)C)CC2. The van der Waals surface area contributed by atoms with Crippen molar-refractivity contribution in [2.24, 2.45) is 7.05 Å². The van der Waals surface area contributed by atoms with Crippen molar-refractivity contribution >= 4 is 17.9 Å². The maximum atomic E-state index is 12.4. The van der Waals surface area contributed by atoms with Gasteiger partial charge >= 0.3 is 6.09 Å². The van der Waals surface area contributed by atoms with Gasteiger partial charge < -0.3 is 20.3 Å². The van der Waals surface area contributed by atoms with Crippen LogP contribution < -0.4 is 10.6 Å². The second kappa shape index (κ2) is 7.76. The van der Waals surface area contributed by atoms with Gasteiger partial charge in [0.15, 0.2) is 5.69 Å². The zero-order valence-electron chi connectivity index (χ0n) is 16.0. The molecule has 1 aromatic heterocycles. The van der Waals surface area contributed by atoms with Crippen LogP contribution in [0.25, 0.3) is 0 Å². The Morgan fingerprint density at radius 3 is 2.46 bits per heavy atom. The molecule has 1 aliphatic rings. The van der Waals surface area contributed by atoms with Gasteiger partial charge in [-0.3, -0.25) is 14.3 Å². The van der Waals surface area contributed by atoms with Crippen molar-refractivity contribution < 1.29 is 19.1 Å². The first-order valence-electron chi connectivity index (χ1n) is 8.64. The number of carbonyl (C=O) groups excluding carboxylic acids is 3. The molecular weight excluding hydrogens is 338 g/mol. The normalized spacial score (nSPS) is 13.8. The van der Waals surface area contributed by atoms with E-state index in [9.17, 15) is 14.4 Å². The predicted molar refractivity (Wildman–Crippen MR) is 94.6 cm³/mol. The molecular formula is C17H27N5O4. The van der Waals surface area contributed by atoms with Gasteiger partial charge in [0.05, 0.1) is 6.54 Å². The molecule has 9 heteroatoms. The lowest BCUT2D eigenvalue weighted by molar-refractivity contribution is -0.118. The molecule has 0 atom stereocenters. The molecule has 2 heterocycles. The maximum Gasteiger partial charge on any atom is 0.410 e. The standard InChI is InChI=1S/C17H27N5O4/c1-11(23)18-7-8-19-15(24)14-12-10-22(16(25)26-17(2,3)4)9-6-13(12)21(5)20-14/h6-10H2,1-5H3,(H,18,23)(H,19,24). The summed E-state index contributed by atoms with van der Waals surface area (Å²) in [6, 6.07) is 0. The Kier molecular flexibility index (Phi) is 5.89. The summed E-state index contributed by atoms with van der Waals surface area (Å²) in [5, 5.41) is 9.66. The topological polar surface area (TPSA) is 106 Å². The number of carbonyl (C=O) groups is 3. The zero-order chi connectivity index (χ0) is 19.5. The highest BCUT2D eigenvalue weighted by atomic mass is 16.6. The average molecular weight is 365 g/mol. The van der Waals surface area contributed by atoms with Crippen molar-refractivity contribution in [1.82, 2.24) is 25.3 Å². The summed E-state index contributed by atoms with van der Waals surface area (Å²) in [6.07, 6.45) is 0.209. The molecule has 0 radical (unpaired) electrons. The lowest BCUT2D eigenvalue weighted by Crippen LogP contribution is -2.40. The van der Waals surface area contributed by atoms with Crippen LogP contribution in [0.1, 0.15) is 49.4 Å². The summed E-state index contributed by atoms with van der Waals surface area (Å²) in [6.45, 7) is 8.33. The Labute approximate surface area is 153 Å². The molecule has 0 fully saturated rings. The van der Waals surface area contributed by atoms with Crippen LogP contribution in [0.15, 0.2) is 0 Å². The molecule has 2 N–H and O–H groups in total. The Hall–Kier alpha value is -2.58. The molecule has 0 aromatic carbocycles. The van der Waals surface area contributed by atoms with Crippen LogP contribution in [0.5, 0.6) is 0 Å². The first kappa shape index (κ1) is 19.7. The largest absolute Gasteiger partial charge is 0.444 e. The molecule has 3 amide bonds. The fourth-order valence-corrected chi connectivity index (χ4v) is 2.76. The second-order valence-corrected chi connectivity index (χ2v) is 7.29. The van der Waals surface area contributed by atoms with Gasteiger partial charge in [0.2, 0.25) is 5.91 Å². The molecule has 1 aliphatic heterocycles. The first-order chi connectivity index (χ1) is 12.1. The number of hydrogen-bond acceptors (Lipinski definition) is 5. The van der Waals surface area contributed by atoms with Crippen LogP contribution in [-0.4, -0.2) is 57.8 Å². The van der Waals surface area contributed by atoms with Crippen molar-refractivity contribution in [3.8, 4) is 0 Å². The lowest BCUT2D eigenvalue weighted by Gasteiger charge is -2.30. The number of amides is 3. The van der Waals surface area contributed by atoms with Crippen molar-refractivity contribution in [3.05, 3.63) is 17.0 Å². The first-order valence-corrected chi connectivity index (χ1v) is 8.64. The summed E-state index contributed by atoms with van der Waals surface area (Å²) in [4.78, 5) is 37.2. The zero-order valence-corrected chi connectivity index (χ0v) is 16.0. The molecule has 9 nitrogen and oxygen atoms in total. The van der Waals surface area contributed by atoms with Gasteiger partial charge in [0.25, 0.3) is 5.91 Å². The van der Waals surface area contributed by atoms with Crippen LogP contribution in [-0.2, 0) is 29.5 Å². The monoisotopic (exact) mass is 365 g/mol. The van der Waals surface area contributed by atoms with Gasteiger partial charge in [-0.05, 0) is 20.8 Å². The number of aryl methyl sites for hydroxylation is 1. The number of hydrogen-bond donors (Lipinski definition) is 2. The fraction of sp³-hybridized carbons (Fsp3) is 0.647. The third-order valence-electron chi connectivity index (χ3n) is 3.89. The van der Waals surface area contributed by atoms with Crippen LogP contribution >= 0.6 is 0 Å². The second-order valence-electron chi connectivity index (χ2n) is 7.29. The minimum atomic E-state index is -0.573. The molecule has 2 rings (SSSR count). The van der Waals surface area contributed by atoms with Crippen LogP contribution in [0.3, 0.4) is 0 Å². The Morgan fingerprint density at radius 1 is 1.19 bits per heavy atom.